The molecule has 0 spiro atoms. The number of fused-ring (bicyclic) bond motifs is 2. The number of rotatable bonds is 3. The monoisotopic (exact) mass is 310 g/mol. The molecule has 0 saturated carbocycles. The molecule has 23 heavy (non-hydrogen) atoms. The number of imidazole rings is 1. The van der Waals surface area contributed by atoms with Gasteiger partial charge in [-0.3, -0.25) is 4.79 Å². The van der Waals surface area contributed by atoms with Crippen LogP contribution in [0.5, 0.6) is 5.75 Å². The second-order valence-electron chi connectivity index (χ2n) is 5.76. The van der Waals surface area contributed by atoms with E-state index in [2.05, 4.69) is 9.97 Å². The molecule has 0 radical (unpaired) electrons. The third kappa shape index (κ3) is 2.46. The molecule has 1 N–H and O–H groups in total. The van der Waals surface area contributed by atoms with Crippen LogP contribution in [-0.2, 0) is 24.3 Å². The highest BCUT2D eigenvalue weighted by atomic mass is 16.5. The third-order valence-electron chi connectivity index (χ3n) is 4.41. The molecule has 1 aromatic carbocycles. The van der Waals surface area contributed by atoms with E-state index in [1.54, 1.807) is 13.4 Å². The maximum Gasteiger partial charge on any atom is 0.242 e. The molecular weight excluding hydrogens is 292 g/mol. The molecule has 2 aromatic heterocycles. The van der Waals surface area contributed by atoms with Gasteiger partial charge in [0.05, 0.1) is 31.4 Å². The largest absolute Gasteiger partial charge is 0.497 e. The van der Waals surface area contributed by atoms with Crippen LogP contribution in [0.2, 0.25) is 0 Å². The van der Waals surface area contributed by atoms with Crippen LogP contribution in [0.1, 0.15) is 11.4 Å². The van der Waals surface area contributed by atoms with Crippen LogP contribution in [0.3, 0.4) is 0 Å². The van der Waals surface area contributed by atoms with Gasteiger partial charge in [0, 0.05) is 30.1 Å². The van der Waals surface area contributed by atoms with Gasteiger partial charge in [-0.2, -0.15) is 0 Å². The summed E-state index contributed by atoms with van der Waals surface area (Å²) in [6.45, 7) is 1.68. The number of hydrogen-bond donors (Lipinski definition) is 1. The normalized spacial score (nSPS) is 14.0. The van der Waals surface area contributed by atoms with Gasteiger partial charge in [0.15, 0.2) is 0 Å². The Morgan fingerprint density at radius 1 is 1.39 bits per heavy atom. The molecule has 0 aliphatic carbocycles. The van der Waals surface area contributed by atoms with Crippen LogP contribution in [0, 0.1) is 0 Å². The van der Waals surface area contributed by atoms with Crippen molar-refractivity contribution in [3.63, 3.8) is 0 Å². The lowest BCUT2D eigenvalue weighted by atomic mass is 10.1. The van der Waals surface area contributed by atoms with E-state index in [-0.39, 0.29) is 5.91 Å². The van der Waals surface area contributed by atoms with Crippen molar-refractivity contribution < 1.29 is 9.53 Å². The maximum absolute atomic E-state index is 12.6. The quantitative estimate of drug-likeness (QED) is 0.804. The van der Waals surface area contributed by atoms with Crippen molar-refractivity contribution in [3.05, 3.63) is 48.2 Å². The van der Waals surface area contributed by atoms with Gasteiger partial charge in [-0.15, -0.1) is 0 Å². The van der Waals surface area contributed by atoms with Crippen LogP contribution in [0.25, 0.3) is 10.9 Å². The van der Waals surface area contributed by atoms with Crippen LogP contribution < -0.4 is 4.74 Å². The fourth-order valence-corrected chi connectivity index (χ4v) is 3.11. The van der Waals surface area contributed by atoms with Crippen LogP contribution >= 0.6 is 0 Å². The molecule has 118 valence electrons. The van der Waals surface area contributed by atoms with Gasteiger partial charge in [0.25, 0.3) is 0 Å². The molecule has 6 nitrogen and oxygen atoms in total. The Bertz CT molecular complexity index is 864. The first kappa shape index (κ1) is 13.9. The van der Waals surface area contributed by atoms with Gasteiger partial charge < -0.3 is 19.2 Å². The highest BCUT2D eigenvalue weighted by Crippen LogP contribution is 2.22. The van der Waals surface area contributed by atoms with E-state index in [0.717, 1.165) is 41.0 Å². The predicted molar refractivity (Wildman–Crippen MR) is 86.2 cm³/mol. The molecule has 3 aromatic rings. The minimum absolute atomic E-state index is 0.124. The standard InChI is InChI=1S/C17H18N4O2/c1-23-13-2-3-16-12(8-13)4-6-20(16)10-17(22)21-7-5-14-15(9-21)19-11-18-14/h2-4,6,8,11H,5,7,9-10H2,1H3,(H,18,19). The number of aromatic amines is 1. The minimum atomic E-state index is 0.124. The molecule has 6 heteroatoms. The number of ether oxygens (including phenoxy) is 1. The Hall–Kier alpha value is -2.76. The summed E-state index contributed by atoms with van der Waals surface area (Å²) in [7, 11) is 1.65. The SMILES string of the molecule is COc1ccc2c(ccn2CC(=O)N2CCc3nc[nH]c3C2)c1. The van der Waals surface area contributed by atoms with E-state index >= 15 is 0 Å². The van der Waals surface area contributed by atoms with Crippen molar-refractivity contribution >= 4 is 16.8 Å². The van der Waals surface area contributed by atoms with Gasteiger partial charge in [0.1, 0.15) is 12.3 Å². The Morgan fingerprint density at radius 2 is 2.30 bits per heavy atom. The number of nitrogens with zero attached hydrogens (tertiary/aromatic N) is 3. The van der Waals surface area contributed by atoms with Crippen LogP contribution in [0.4, 0.5) is 0 Å². The van der Waals surface area contributed by atoms with E-state index < -0.39 is 0 Å². The van der Waals surface area contributed by atoms with Crippen LogP contribution in [-0.4, -0.2) is 39.0 Å². The number of hydrogen-bond acceptors (Lipinski definition) is 3. The topological polar surface area (TPSA) is 63.1 Å². The molecule has 0 atom stereocenters. The van der Waals surface area contributed by atoms with E-state index in [1.165, 1.54) is 0 Å². The fourth-order valence-electron chi connectivity index (χ4n) is 3.11. The summed E-state index contributed by atoms with van der Waals surface area (Å²) in [5.41, 5.74) is 3.16. The second-order valence-corrected chi connectivity index (χ2v) is 5.76. The number of aromatic nitrogens is 3. The predicted octanol–water partition coefficient (Wildman–Crippen LogP) is 1.96. The Kier molecular flexibility index (Phi) is 3.29. The van der Waals surface area contributed by atoms with Crippen LogP contribution in [0.15, 0.2) is 36.8 Å². The zero-order chi connectivity index (χ0) is 15.8. The number of amides is 1. The summed E-state index contributed by atoms with van der Waals surface area (Å²) in [4.78, 5) is 21.9. The van der Waals surface area contributed by atoms with E-state index in [1.807, 2.05) is 39.9 Å². The molecule has 1 aliphatic heterocycles. The zero-order valence-corrected chi connectivity index (χ0v) is 13.0. The summed E-state index contributed by atoms with van der Waals surface area (Å²) in [6.07, 6.45) is 4.47. The maximum atomic E-state index is 12.6. The summed E-state index contributed by atoms with van der Waals surface area (Å²) in [5.74, 6) is 0.947. The first-order valence-corrected chi connectivity index (χ1v) is 7.66. The van der Waals surface area contributed by atoms with Gasteiger partial charge in [-0.05, 0) is 24.3 Å². The van der Waals surface area contributed by atoms with Gasteiger partial charge in [-0.1, -0.05) is 0 Å². The fraction of sp³-hybridized carbons (Fsp3) is 0.294. The molecule has 3 heterocycles. The number of H-pyrrole nitrogens is 1. The van der Waals surface area contributed by atoms with Crippen molar-refractivity contribution in [2.24, 2.45) is 0 Å². The number of benzene rings is 1. The smallest absolute Gasteiger partial charge is 0.242 e. The van der Waals surface area contributed by atoms with Crippen molar-refractivity contribution in [1.82, 2.24) is 19.4 Å². The van der Waals surface area contributed by atoms with Gasteiger partial charge >= 0.3 is 0 Å². The van der Waals surface area contributed by atoms with Crippen molar-refractivity contribution in [2.45, 2.75) is 19.5 Å². The highest BCUT2D eigenvalue weighted by molar-refractivity contribution is 5.84. The zero-order valence-electron chi connectivity index (χ0n) is 13.0. The molecule has 4 rings (SSSR count). The molecular formula is C17H18N4O2. The minimum Gasteiger partial charge on any atom is -0.497 e. The average Bonchev–Trinajstić information content (AvgIpc) is 3.20. The third-order valence-corrected chi connectivity index (χ3v) is 4.41. The number of carbonyl (C=O) groups is 1. The van der Waals surface area contributed by atoms with Crippen molar-refractivity contribution in [3.8, 4) is 5.75 Å². The molecule has 1 aliphatic rings. The summed E-state index contributed by atoms with van der Waals surface area (Å²) in [5, 5.41) is 1.08. The first-order valence-electron chi connectivity index (χ1n) is 7.66. The number of methoxy groups -OCH3 is 1. The van der Waals surface area contributed by atoms with E-state index in [0.29, 0.717) is 13.1 Å². The number of carbonyl (C=O) groups excluding carboxylic acids is 1. The summed E-state index contributed by atoms with van der Waals surface area (Å²) >= 11 is 0. The molecule has 0 saturated heterocycles. The molecule has 0 unspecified atom stereocenters. The lowest BCUT2D eigenvalue weighted by Crippen LogP contribution is -2.38. The summed E-state index contributed by atoms with van der Waals surface area (Å²) < 4.78 is 7.23. The second kappa shape index (κ2) is 5.46. The molecule has 0 bridgehead atoms. The van der Waals surface area contributed by atoms with Gasteiger partial charge in [0.2, 0.25) is 5.91 Å². The van der Waals surface area contributed by atoms with Crippen molar-refractivity contribution in [1.29, 1.82) is 0 Å². The highest BCUT2D eigenvalue weighted by Gasteiger charge is 2.22. The summed E-state index contributed by atoms with van der Waals surface area (Å²) in [6, 6.07) is 7.90. The van der Waals surface area contributed by atoms with E-state index in [9.17, 15) is 4.79 Å². The molecule has 0 fully saturated rings. The Morgan fingerprint density at radius 3 is 3.17 bits per heavy atom. The van der Waals surface area contributed by atoms with Gasteiger partial charge in [-0.25, -0.2) is 4.98 Å². The molecule has 1 amide bonds. The van der Waals surface area contributed by atoms with Crippen molar-refractivity contribution in [2.75, 3.05) is 13.7 Å². The lowest BCUT2D eigenvalue weighted by molar-refractivity contribution is -0.132. The average molecular weight is 310 g/mol. The Labute approximate surface area is 133 Å². The van der Waals surface area contributed by atoms with E-state index in [4.69, 9.17) is 4.74 Å². The Balaban J connectivity index is 1.53. The lowest BCUT2D eigenvalue weighted by Gasteiger charge is -2.26. The first-order chi connectivity index (χ1) is 11.2. The number of nitrogens with one attached hydrogen (secondary N) is 1.